The number of ether oxygens (including phenoxy) is 1. The van der Waals surface area contributed by atoms with E-state index in [9.17, 15) is 8.78 Å². The molecule has 0 amide bonds. The van der Waals surface area contributed by atoms with Crippen molar-refractivity contribution in [2.45, 2.75) is 57.0 Å². The van der Waals surface area contributed by atoms with Crippen LogP contribution in [0.1, 0.15) is 44.9 Å². The maximum Gasteiger partial charge on any atom is 0.248 e. The molecule has 2 aliphatic rings. The van der Waals surface area contributed by atoms with Crippen LogP contribution < -0.4 is 5.32 Å². The molecule has 4 heteroatoms. The Kier molecular flexibility index (Phi) is 4.74. The van der Waals surface area contributed by atoms with Crippen LogP contribution in [-0.4, -0.2) is 31.7 Å². The maximum atomic E-state index is 12.9. The highest BCUT2D eigenvalue weighted by atomic mass is 19.3. The summed E-state index contributed by atoms with van der Waals surface area (Å²) in [6.07, 6.45) is 6.19. The van der Waals surface area contributed by atoms with E-state index in [-0.39, 0.29) is 18.8 Å². The number of hydrogen-bond acceptors (Lipinski definition) is 2. The second-order valence-corrected chi connectivity index (χ2v) is 5.45. The lowest BCUT2D eigenvalue weighted by molar-refractivity contribution is 0.00495. The molecule has 2 nitrogen and oxygen atoms in total. The Hall–Kier alpha value is -0.220. The fourth-order valence-corrected chi connectivity index (χ4v) is 2.87. The van der Waals surface area contributed by atoms with Gasteiger partial charge in [-0.25, -0.2) is 8.78 Å². The van der Waals surface area contributed by atoms with Crippen LogP contribution in [-0.2, 0) is 4.74 Å². The Balaban J connectivity index is 1.46. The van der Waals surface area contributed by atoms with Gasteiger partial charge in [0.05, 0.1) is 12.7 Å². The molecule has 0 heterocycles. The van der Waals surface area contributed by atoms with Gasteiger partial charge < -0.3 is 10.1 Å². The van der Waals surface area contributed by atoms with Crippen LogP contribution in [0.15, 0.2) is 0 Å². The summed E-state index contributed by atoms with van der Waals surface area (Å²) in [4.78, 5) is 0. The molecule has 2 rings (SSSR count). The fraction of sp³-hybridized carbons (Fsp3) is 1.00. The van der Waals surface area contributed by atoms with E-state index in [4.69, 9.17) is 4.74 Å². The third kappa shape index (κ3) is 4.51. The zero-order valence-electron chi connectivity index (χ0n) is 10.4. The molecule has 0 aliphatic heterocycles. The molecule has 0 aromatic rings. The molecular formula is C13H23F2NO. The lowest BCUT2D eigenvalue weighted by Gasteiger charge is -2.14. The lowest BCUT2D eigenvalue weighted by Crippen LogP contribution is -2.27. The van der Waals surface area contributed by atoms with Crippen LogP contribution in [0.25, 0.3) is 0 Å². The standard InChI is InChI=1S/C13H23F2NO/c14-13(15)6-5-11(9-13)10-16-7-8-17-12-3-1-2-4-12/h11-12,16H,1-10H2. The zero-order valence-corrected chi connectivity index (χ0v) is 10.4. The Labute approximate surface area is 102 Å². The minimum absolute atomic E-state index is 0.0590. The average molecular weight is 247 g/mol. The molecule has 2 fully saturated rings. The number of rotatable bonds is 6. The predicted molar refractivity (Wildman–Crippen MR) is 63.4 cm³/mol. The molecule has 0 aromatic carbocycles. The van der Waals surface area contributed by atoms with Gasteiger partial charge in [-0.05, 0) is 31.7 Å². The van der Waals surface area contributed by atoms with Crippen molar-refractivity contribution in [3.05, 3.63) is 0 Å². The van der Waals surface area contributed by atoms with E-state index in [2.05, 4.69) is 5.32 Å². The van der Waals surface area contributed by atoms with Crippen LogP contribution in [0, 0.1) is 5.92 Å². The summed E-state index contributed by atoms with van der Waals surface area (Å²) in [7, 11) is 0. The smallest absolute Gasteiger partial charge is 0.248 e. The minimum Gasteiger partial charge on any atom is -0.377 e. The van der Waals surface area contributed by atoms with Crippen molar-refractivity contribution in [2.24, 2.45) is 5.92 Å². The van der Waals surface area contributed by atoms with Crippen molar-refractivity contribution in [1.29, 1.82) is 0 Å². The van der Waals surface area contributed by atoms with Gasteiger partial charge in [-0.1, -0.05) is 12.8 Å². The highest BCUT2D eigenvalue weighted by Crippen LogP contribution is 2.38. The van der Waals surface area contributed by atoms with Crippen LogP contribution >= 0.6 is 0 Å². The second-order valence-electron chi connectivity index (χ2n) is 5.45. The van der Waals surface area contributed by atoms with E-state index < -0.39 is 5.92 Å². The predicted octanol–water partition coefficient (Wildman–Crippen LogP) is 2.97. The normalized spacial score (nSPS) is 28.9. The molecule has 17 heavy (non-hydrogen) atoms. The monoisotopic (exact) mass is 247 g/mol. The lowest BCUT2D eigenvalue weighted by atomic mass is 10.1. The molecular weight excluding hydrogens is 224 g/mol. The highest BCUT2D eigenvalue weighted by molar-refractivity contribution is 4.82. The van der Waals surface area contributed by atoms with Gasteiger partial charge in [-0.3, -0.25) is 0 Å². The van der Waals surface area contributed by atoms with E-state index >= 15 is 0 Å². The number of nitrogens with one attached hydrogen (secondary N) is 1. The summed E-state index contributed by atoms with van der Waals surface area (Å²) in [5.74, 6) is -2.26. The zero-order chi connectivity index (χ0) is 12.1. The first-order valence-corrected chi connectivity index (χ1v) is 6.86. The summed E-state index contributed by atoms with van der Waals surface area (Å²) in [5.41, 5.74) is 0. The number of halogens is 2. The number of alkyl halides is 2. The highest BCUT2D eigenvalue weighted by Gasteiger charge is 2.38. The van der Waals surface area contributed by atoms with Gasteiger partial charge in [0.15, 0.2) is 0 Å². The molecule has 0 saturated heterocycles. The molecule has 1 atom stereocenters. The van der Waals surface area contributed by atoms with Gasteiger partial charge in [-0.15, -0.1) is 0 Å². The summed E-state index contributed by atoms with van der Waals surface area (Å²) in [6, 6.07) is 0. The minimum atomic E-state index is -2.41. The third-order valence-corrected chi connectivity index (χ3v) is 3.87. The molecule has 0 bridgehead atoms. The third-order valence-electron chi connectivity index (χ3n) is 3.87. The molecule has 0 aromatic heterocycles. The summed E-state index contributed by atoms with van der Waals surface area (Å²) >= 11 is 0. The molecule has 0 radical (unpaired) electrons. The molecule has 1 N–H and O–H groups in total. The SMILES string of the molecule is FC1(F)CCC(CNCCOC2CCCC2)C1. The van der Waals surface area contributed by atoms with Crippen molar-refractivity contribution >= 4 is 0 Å². The molecule has 2 aliphatic carbocycles. The summed E-state index contributed by atoms with van der Waals surface area (Å²) < 4.78 is 31.5. The van der Waals surface area contributed by atoms with E-state index in [0.29, 0.717) is 25.7 Å². The first-order valence-electron chi connectivity index (χ1n) is 6.86. The first-order chi connectivity index (χ1) is 8.16. The molecule has 0 spiro atoms. The first kappa shape index (κ1) is 13.2. The van der Waals surface area contributed by atoms with Gasteiger partial charge in [0.25, 0.3) is 0 Å². The van der Waals surface area contributed by atoms with Gasteiger partial charge >= 0.3 is 0 Å². The topological polar surface area (TPSA) is 21.3 Å². The summed E-state index contributed by atoms with van der Waals surface area (Å²) in [6.45, 7) is 2.22. The average Bonchev–Trinajstić information content (AvgIpc) is 2.88. The van der Waals surface area contributed by atoms with E-state index in [0.717, 1.165) is 6.54 Å². The Morgan fingerprint density at radius 2 is 1.94 bits per heavy atom. The van der Waals surface area contributed by atoms with Crippen molar-refractivity contribution in [2.75, 3.05) is 19.7 Å². The summed E-state index contributed by atoms with van der Waals surface area (Å²) in [5, 5.41) is 3.23. The van der Waals surface area contributed by atoms with Crippen LogP contribution in [0.5, 0.6) is 0 Å². The maximum absolute atomic E-state index is 12.9. The Morgan fingerprint density at radius 3 is 2.59 bits per heavy atom. The quantitative estimate of drug-likeness (QED) is 0.729. The van der Waals surface area contributed by atoms with E-state index in [1.165, 1.54) is 25.7 Å². The van der Waals surface area contributed by atoms with Crippen LogP contribution in [0.2, 0.25) is 0 Å². The van der Waals surface area contributed by atoms with Crippen molar-refractivity contribution in [1.82, 2.24) is 5.32 Å². The van der Waals surface area contributed by atoms with Crippen molar-refractivity contribution in [3.8, 4) is 0 Å². The second kappa shape index (κ2) is 6.10. The fourth-order valence-electron chi connectivity index (χ4n) is 2.87. The van der Waals surface area contributed by atoms with E-state index in [1.54, 1.807) is 0 Å². The van der Waals surface area contributed by atoms with Crippen LogP contribution in [0.3, 0.4) is 0 Å². The molecule has 100 valence electrons. The Bertz CT molecular complexity index is 229. The largest absolute Gasteiger partial charge is 0.377 e. The Morgan fingerprint density at radius 1 is 1.18 bits per heavy atom. The van der Waals surface area contributed by atoms with Gasteiger partial charge in [0.2, 0.25) is 5.92 Å². The number of hydrogen-bond donors (Lipinski definition) is 1. The van der Waals surface area contributed by atoms with Crippen molar-refractivity contribution in [3.63, 3.8) is 0 Å². The van der Waals surface area contributed by atoms with E-state index in [1.807, 2.05) is 0 Å². The van der Waals surface area contributed by atoms with Crippen molar-refractivity contribution < 1.29 is 13.5 Å². The molecule has 2 saturated carbocycles. The van der Waals surface area contributed by atoms with Gasteiger partial charge in [0, 0.05) is 19.4 Å². The van der Waals surface area contributed by atoms with Gasteiger partial charge in [0.1, 0.15) is 0 Å². The van der Waals surface area contributed by atoms with Crippen LogP contribution in [0.4, 0.5) is 8.78 Å². The van der Waals surface area contributed by atoms with Gasteiger partial charge in [-0.2, -0.15) is 0 Å². The molecule has 1 unspecified atom stereocenters.